The number of rotatable bonds is 4. The van der Waals surface area contributed by atoms with E-state index < -0.39 is 12.2 Å². The molecule has 0 aromatic heterocycles. The number of ether oxygens (including phenoxy) is 1. The van der Waals surface area contributed by atoms with Crippen LogP contribution in [0.3, 0.4) is 0 Å². The fourth-order valence-corrected chi connectivity index (χ4v) is 2.56. The van der Waals surface area contributed by atoms with Crippen molar-refractivity contribution in [2.24, 2.45) is 5.92 Å². The Morgan fingerprint density at radius 1 is 1.44 bits per heavy atom. The number of hydrogen-bond donors (Lipinski definition) is 3. The summed E-state index contributed by atoms with van der Waals surface area (Å²) in [6.45, 7) is 2.28. The lowest BCUT2D eigenvalue weighted by molar-refractivity contribution is -0.134. The summed E-state index contributed by atoms with van der Waals surface area (Å²) in [5.74, 6) is 0.245. The topological polar surface area (TPSA) is 70.6 Å². The molecule has 2 atom stereocenters. The molecule has 1 saturated carbocycles. The standard InChI is InChI=1S/C12H22N2O3.ClH/c15-10(9-3-1-2-4-9)7-14-12(16)11-8-13-5-6-17-11;/h9-11,13,15H,1-8H2,(H,14,16);1H. The van der Waals surface area contributed by atoms with Gasteiger partial charge in [0.1, 0.15) is 6.10 Å². The SMILES string of the molecule is Cl.O=C(NCC(O)C1CCCC1)C1CNCCO1. The third-order valence-corrected chi connectivity index (χ3v) is 3.65. The van der Waals surface area contributed by atoms with E-state index in [0.29, 0.717) is 25.6 Å². The van der Waals surface area contributed by atoms with E-state index >= 15 is 0 Å². The van der Waals surface area contributed by atoms with Gasteiger partial charge in [-0.05, 0) is 18.8 Å². The first-order chi connectivity index (χ1) is 8.27. The maximum Gasteiger partial charge on any atom is 0.250 e. The molecule has 2 fully saturated rings. The smallest absolute Gasteiger partial charge is 0.250 e. The van der Waals surface area contributed by atoms with Gasteiger partial charge < -0.3 is 20.5 Å². The molecule has 5 nitrogen and oxygen atoms in total. The van der Waals surface area contributed by atoms with Gasteiger partial charge in [0.05, 0.1) is 12.7 Å². The molecule has 1 amide bonds. The van der Waals surface area contributed by atoms with Crippen LogP contribution in [0, 0.1) is 5.92 Å². The maximum atomic E-state index is 11.7. The highest BCUT2D eigenvalue weighted by molar-refractivity contribution is 5.85. The fraction of sp³-hybridized carbons (Fsp3) is 0.917. The third kappa shape index (κ3) is 4.39. The van der Waals surface area contributed by atoms with E-state index in [-0.39, 0.29) is 18.3 Å². The van der Waals surface area contributed by atoms with Crippen LogP contribution in [0.2, 0.25) is 0 Å². The number of halogens is 1. The van der Waals surface area contributed by atoms with E-state index in [4.69, 9.17) is 4.74 Å². The number of amides is 1. The highest BCUT2D eigenvalue weighted by Gasteiger charge is 2.26. The fourth-order valence-electron chi connectivity index (χ4n) is 2.56. The Hall–Kier alpha value is -0.360. The lowest BCUT2D eigenvalue weighted by Crippen LogP contribution is -2.49. The second-order valence-corrected chi connectivity index (χ2v) is 4.92. The van der Waals surface area contributed by atoms with E-state index in [1.54, 1.807) is 0 Å². The van der Waals surface area contributed by atoms with Crippen molar-refractivity contribution in [2.75, 3.05) is 26.2 Å². The molecular formula is C12H23ClN2O3. The third-order valence-electron chi connectivity index (χ3n) is 3.65. The van der Waals surface area contributed by atoms with Gasteiger partial charge in [-0.15, -0.1) is 12.4 Å². The van der Waals surface area contributed by atoms with Gasteiger partial charge in [-0.2, -0.15) is 0 Å². The first-order valence-corrected chi connectivity index (χ1v) is 6.55. The molecule has 2 aliphatic rings. The van der Waals surface area contributed by atoms with Gasteiger partial charge in [0.15, 0.2) is 0 Å². The Labute approximate surface area is 114 Å². The number of carbonyl (C=O) groups is 1. The summed E-state index contributed by atoms with van der Waals surface area (Å²) < 4.78 is 5.34. The molecule has 106 valence electrons. The summed E-state index contributed by atoms with van der Waals surface area (Å²) in [5, 5.41) is 15.8. The Kier molecular flexibility index (Phi) is 6.92. The number of morpholine rings is 1. The molecule has 2 unspecified atom stereocenters. The molecule has 18 heavy (non-hydrogen) atoms. The first kappa shape index (κ1) is 15.7. The molecule has 2 rings (SSSR count). The largest absolute Gasteiger partial charge is 0.391 e. The van der Waals surface area contributed by atoms with Crippen molar-refractivity contribution in [3.05, 3.63) is 0 Å². The second kappa shape index (κ2) is 7.94. The zero-order chi connectivity index (χ0) is 12.1. The zero-order valence-corrected chi connectivity index (χ0v) is 11.4. The van der Waals surface area contributed by atoms with E-state index in [9.17, 15) is 9.90 Å². The van der Waals surface area contributed by atoms with Crippen molar-refractivity contribution >= 4 is 18.3 Å². The summed E-state index contributed by atoms with van der Waals surface area (Å²) in [7, 11) is 0. The van der Waals surface area contributed by atoms with Gasteiger partial charge in [0.2, 0.25) is 0 Å². The minimum Gasteiger partial charge on any atom is -0.391 e. The minimum absolute atomic E-state index is 0. The number of aliphatic hydroxyl groups is 1. The van der Waals surface area contributed by atoms with Crippen molar-refractivity contribution in [2.45, 2.75) is 37.9 Å². The first-order valence-electron chi connectivity index (χ1n) is 6.55. The second-order valence-electron chi connectivity index (χ2n) is 4.92. The van der Waals surface area contributed by atoms with Crippen LogP contribution in [0.25, 0.3) is 0 Å². The summed E-state index contributed by atoms with van der Waals surface area (Å²) in [4.78, 5) is 11.7. The Bertz CT molecular complexity index is 254. The molecule has 3 N–H and O–H groups in total. The van der Waals surface area contributed by atoms with Gasteiger partial charge in [-0.3, -0.25) is 4.79 Å². The van der Waals surface area contributed by atoms with Gasteiger partial charge in [0.25, 0.3) is 5.91 Å². The van der Waals surface area contributed by atoms with Gasteiger partial charge in [0, 0.05) is 19.6 Å². The van der Waals surface area contributed by atoms with E-state index in [2.05, 4.69) is 10.6 Å². The van der Waals surface area contributed by atoms with Crippen LogP contribution in [0.1, 0.15) is 25.7 Å². The number of nitrogens with one attached hydrogen (secondary N) is 2. The average Bonchev–Trinajstić information content (AvgIpc) is 2.90. The quantitative estimate of drug-likeness (QED) is 0.680. The van der Waals surface area contributed by atoms with Crippen LogP contribution < -0.4 is 10.6 Å². The van der Waals surface area contributed by atoms with E-state index in [1.807, 2.05) is 0 Å². The molecule has 1 aliphatic carbocycles. The van der Waals surface area contributed by atoms with Crippen LogP contribution in [-0.4, -0.2) is 49.5 Å². The highest BCUT2D eigenvalue weighted by atomic mass is 35.5. The number of aliphatic hydroxyl groups excluding tert-OH is 1. The summed E-state index contributed by atoms with van der Waals surface area (Å²) in [6, 6.07) is 0. The van der Waals surface area contributed by atoms with E-state index in [1.165, 1.54) is 12.8 Å². The molecule has 0 radical (unpaired) electrons. The van der Waals surface area contributed by atoms with E-state index in [0.717, 1.165) is 19.4 Å². The summed E-state index contributed by atoms with van der Waals surface area (Å²) >= 11 is 0. The average molecular weight is 279 g/mol. The highest BCUT2D eigenvalue weighted by Crippen LogP contribution is 2.27. The van der Waals surface area contributed by atoms with Crippen LogP contribution in [0.15, 0.2) is 0 Å². The molecule has 0 bridgehead atoms. The minimum atomic E-state index is -0.405. The van der Waals surface area contributed by atoms with Crippen molar-refractivity contribution < 1.29 is 14.6 Å². The van der Waals surface area contributed by atoms with Crippen molar-refractivity contribution in [3.63, 3.8) is 0 Å². The molecule has 6 heteroatoms. The summed E-state index contributed by atoms with van der Waals surface area (Å²) in [6.07, 6.45) is 3.76. The maximum absolute atomic E-state index is 11.7. The lowest BCUT2D eigenvalue weighted by atomic mass is 10.0. The predicted octanol–water partition coefficient (Wildman–Crippen LogP) is 0.0639. The van der Waals surface area contributed by atoms with Crippen molar-refractivity contribution in [3.8, 4) is 0 Å². The Morgan fingerprint density at radius 2 is 2.17 bits per heavy atom. The predicted molar refractivity (Wildman–Crippen MR) is 70.8 cm³/mol. The van der Waals surface area contributed by atoms with Gasteiger partial charge in [-0.1, -0.05) is 12.8 Å². The van der Waals surface area contributed by atoms with Crippen LogP contribution in [0.4, 0.5) is 0 Å². The monoisotopic (exact) mass is 278 g/mol. The summed E-state index contributed by atoms with van der Waals surface area (Å²) in [5.41, 5.74) is 0. The van der Waals surface area contributed by atoms with Crippen LogP contribution >= 0.6 is 12.4 Å². The van der Waals surface area contributed by atoms with Gasteiger partial charge >= 0.3 is 0 Å². The zero-order valence-electron chi connectivity index (χ0n) is 10.6. The molecular weight excluding hydrogens is 256 g/mol. The molecule has 0 aromatic rings. The number of hydrogen-bond acceptors (Lipinski definition) is 4. The normalized spacial score (nSPS) is 26.4. The molecule has 1 heterocycles. The molecule has 0 aromatic carbocycles. The molecule has 1 saturated heterocycles. The van der Waals surface area contributed by atoms with Crippen LogP contribution in [-0.2, 0) is 9.53 Å². The van der Waals surface area contributed by atoms with Crippen molar-refractivity contribution in [1.29, 1.82) is 0 Å². The Morgan fingerprint density at radius 3 is 2.78 bits per heavy atom. The number of carbonyl (C=O) groups excluding carboxylic acids is 1. The van der Waals surface area contributed by atoms with Crippen molar-refractivity contribution in [1.82, 2.24) is 10.6 Å². The van der Waals surface area contributed by atoms with Gasteiger partial charge in [-0.25, -0.2) is 0 Å². The lowest BCUT2D eigenvalue weighted by Gasteiger charge is -2.24. The molecule has 0 spiro atoms. The molecule has 1 aliphatic heterocycles. The Balaban J connectivity index is 0.00000162. The van der Waals surface area contributed by atoms with Crippen LogP contribution in [0.5, 0.6) is 0 Å².